The van der Waals surface area contributed by atoms with Crippen molar-refractivity contribution in [2.24, 2.45) is 0 Å². The molecule has 1 aromatic heterocycles. The minimum atomic E-state index is -0.295. The maximum atomic E-state index is 12.4. The molecule has 30 heavy (non-hydrogen) atoms. The van der Waals surface area contributed by atoms with Gasteiger partial charge in [-0.2, -0.15) is 0 Å². The summed E-state index contributed by atoms with van der Waals surface area (Å²) < 4.78 is 7.08. The fourth-order valence-electron chi connectivity index (χ4n) is 3.37. The molecule has 0 aliphatic heterocycles. The first-order valence-electron chi connectivity index (χ1n) is 9.60. The summed E-state index contributed by atoms with van der Waals surface area (Å²) in [6.45, 7) is 4.40. The third-order valence-electron chi connectivity index (χ3n) is 5.02. The van der Waals surface area contributed by atoms with Crippen LogP contribution in [0.2, 0.25) is 0 Å². The Kier molecular flexibility index (Phi) is 5.42. The van der Waals surface area contributed by atoms with Crippen molar-refractivity contribution in [3.63, 3.8) is 0 Å². The Morgan fingerprint density at radius 1 is 1.10 bits per heavy atom. The molecule has 1 N–H and O–H groups in total. The van der Waals surface area contributed by atoms with E-state index in [1.54, 1.807) is 12.2 Å². The predicted octanol–water partition coefficient (Wildman–Crippen LogP) is 4.45. The molecule has 1 heterocycles. The normalized spacial score (nSPS) is 14.2. The fraction of sp³-hybridized carbons (Fsp3) is 0.167. The van der Waals surface area contributed by atoms with Crippen LogP contribution in [0, 0.1) is 13.8 Å². The van der Waals surface area contributed by atoms with E-state index in [0.29, 0.717) is 10.5 Å². The van der Waals surface area contributed by atoms with E-state index in [0.717, 1.165) is 39.3 Å². The second-order valence-corrected chi connectivity index (χ2v) is 8.16. The van der Waals surface area contributed by atoms with Crippen molar-refractivity contribution in [2.75, 3.05) is 6.61 Å². The molecule has 2 aromatic carbocycles. The van der Waals surface area contributed by atoms with Gasteiger partial charge in [-0.05, 0) is 54.3 Å². The summed E-state index contributed by atoms with van der Waals surface area (Å²) in [5.74, 6) is 0.456. The number of nitrogens with zero attached hydrogens (tertiary/aromatic N) is 1. The second kappa shape index (κ2) is 8.16. The van der Waals surface area contributed by atoms with Crippen molar-refractivity contribution in [3.05, 3.63) is 85.3 Å². The Balaban J connectivity index is 1.58. The minimum absolute atomic E-state index is 0.151. The number of aromatic hydroxyl groups is 1. The summed E-state index contributed by atoms with van der Waals surface area (Å²) >= 11 is 0.912. The van der Waals surface area contributed by atoms with Crippen LogP contribution in [0.4, 0.5) is 0 Å². The minimum Gasteiger partial charge on any atom is -0.493 e. The van der Waals surface area contributed by atoms with E-state index in [-0.39, 0.29) is 29.7 Å². The molecule has 0 fully saturated rings. The van der Waals surface area contributed by atoms with Crippen molar-refractivity contribution in [1.29, 1.82) is 0 Å². The molecule has 152 valence electrons. The van der Waals surface area contributed by atoms with Crippen LogP contribution in [-0.2, 0) is 11.3 Å². The number of hydrogen-bond acceptors (Lipinski definition) is 5. The van der Waals surface area contributed by atoms with Crippen LogP contribution in [0.1, 0.15) is 27.1 Å². The van der Waals surface area contributed by atoms with Gasteiger partial charge in [0.2, 0.25) is 5.88 Å². The van der Waals surface area contributed by atoms with E-state index in [2.05, 4.69) is 0 Å². The van der Waals surface area contributed by atoms with Gasteiger partial charge in [0, 0.05) is 5.57 Å². The van der Waals surface area contributed by atoms with Gasteiger partial charge in [-0.3, -0.25) is 14.2 Å². The van der Waals surface area contributed by atoms with Crippen LogP contribution < -0.4 is 9.61 Å². The molecule has 1 aliphatic carbocycles. The van der Waals surface area contributed by atoms with Gasteiger partial charge >= 0.3 is 4.87 Å². The molecule has 0 bridgehead atoms. The summed E-state index contributed by atoms with van der Waals surface area (Å²) in [5.41, 5.74) is 4.28. The maximum absolute atomic E-state index is 12.4. The third kappa shape index (κ3) is 3.86. The average molecular weight is 420 g/mol. The highest BCUT2D eigenvalue weighted by atomic mass is 32.1. The van der Waals surface area contributed by atoms with Crippen molar-refractivity contribution in [3.8, 4) is 11.6 Å². The van der Waals surface area contributed by atoms with Crippen LogP contribution in [0.25, 0.3) is 17.7 Å². The first-order valence-corrected chi connectivity index (χ1v) is 10.4. The summed E-state index contributed by atoms with van der Waals surface area (Å²) in [5, 5.41) is 10.6. The van der Waals surface area contributed by atoms with Gasteiger partial charge in [0.1, 0.15) is 12.4 Å². The van der Waals surface area contributed by atoms with Crippen LogP contribution in [0.3, 0.4) is 0 Å². The molecule has 1 aliphatic rings. The summed E-state index contributed by atoms with van der Waals surface area (Å²) in [6, 6.07) is 13.5. The number of fused-ring (bicyclic) bond motifs is 1. The quantitative estimate of drug-likeness (QED) is 0.621. The Morgan fingerprint density at radius 3 is 2.73 bits per heavy atom. The van der Waals surface area contributed by atoms with Gasteiger partial charge in [0.25, 0.3) is 0 Å². The number of benzene rings is 2. The first kappa shape index (κ1) is 19.9. The number of ketones is 1. The smallest absolute Gasteiger partial charge is 0.310 e. The molecule has 4 rings (SSSR count). The van der Waals surface area contributed by atoms with E-state index in [9.17, 15) is 14.7 Å². The number of ether oxygens (including phenoxy) is 1. The lowest BCUT2D eigenvalue weighted by atomic mass is 9.91. The van der Waals surface area contributed by atoms with E-state index in [1.807, 2.05) is 56.3 Å². The highest BCUT2D eigenvalue weighted by molar-refractivity contribution is 7.10. The third-order valence-corrected chi connectivity index (χ3v) is 5.93. The Morgan fingerprint density at radius 2 is 1.90 bits per heavy atom. The molecule has 0 spiro atoms. The topological polar surface area (TPSA) is 68.5 Å². The molecule has 0 amide bonds. The molecule has 6 heteroatoms. The zero-order valence-corrected chi connectivity index (χ0v) is 17.5. The number of carbonyl (C=O) groups is 1. The van der Waals surface area contributed by atoms with Crippen LogP contribution in [0.5, 0.6) is 11.6 Å². The SMILES string of the molecule is Cc1ccc(C)c(OCCn2c(O)c(/C=C3\C(=O)C=Cc4ccccc43)sc2=O)c1. The number of carbonyl (C=O) groups excluding carboxylic acids is 1. The number of rotatable bonds is 5. The zero-order chi connectivity index (χ0) is 21.3. The highest BCUT2D eigenvalue weighted by Crippen LogP contribution is 2.31. The van der Waals surface area contributed by atoms with Crippen molar-refractivity contribution in [1.82, 2.24) is 4.57 Å². The zero-order valence-electron chi connectivity index (χ0n) is 16.7. The van der Waals surface area contributed by atoms with Crippen LogP contribution in [0.15, 0.2) is 53.3 Å². The molecular weight excluding hydrogens is 398 g/mol. The molecule has 5 nitrogen and oxygen atoms in total. The molecule has 0 saturated carbocycles. The van der Waals surface area contributed by atoms with Gasteiger partial charge in [0.15, 0.2) is 5.78 Å². The molecular formula is C24H21NO4S. The van der Waals surface area contributed by atoms with Gasteiger partial charge in [-0.1, -0.05) is 53.8 Å². The van der Waals surface area contributed by atoms with E-state index in [1.165, 1.54) is 10.6 Å². The predicted molar refractivity (Wildman–Crippen MR) is 120 cm³/mol. The fourth-order valence-corrected chi connectivity index (χ4v) is 4.23. The Labute approximate surface area is 178 Å². The molecule has 0 unspecified atom stereocenters. The Hall–Kier alpha value is -3.38. The monoisotopic (exact) mass is 419 g/mol. The highest BCUT2D eigenvalue weighted by Gasteiger charge is 2.20. The lowest BCUT2D eigenvalue weighted by Gasteiger charge is -2.12. The van der Waals surface area contributed by atoms with Gasteiger partial charge in [-0.15, -0.1) is 0 Å². The summed E-state index contributed by atoms with van der Waals surface area (Å²) in [7, 11) is 0. The van der Waals surface area contributed by atoms with Gasteiger partial charge in [-0.25, -0.2) is 0 Å². The van der Waals surface area contributed by atoms with Crippen molar-refractivity contribution >= 4 is 34.8 Å². The molecule has 3 aromatic rings. The van der Waals surface area contributed by atoms with Crippen LogP contribution >= 0.6 is 11.3 Å². The lowest BCUT2D eigenvalue weighted by Crippen LogP contribution is -2.17. The standard InChI is InChI=1S/C24H21NO4S/c1-15-7-8-16(2)21(13-15)29-12-11-25-23(27)22(30-24(25)28)14-19-18-6-4-3-5-17(18)9-10-20(19)26/h3-10,13-14,27H,11-12H2,1-2H3/b19-14-. The number of aromatic nitrogens is 1. The van der Waals surface area contributed by atoms with Gasteiger partial charge in [0.05, 0.1) is 11.4 Å². The van der Waals surface area contributed by atoms with E-state index in [4.69, 9.17) is 4.74 Å². The molecule has 0 radical (unpaired) electrons. The van der Waals surface area contributed by atoms with E-state index >= 15 is 0 Å². The average Bonchev–Trinajstić information content (AvgIpc) is 3.00. The first-order chi connectivity index (χ1) is 14.4. The Bertz CT molecular complexity index is 1250. The largest absolute Gasteiger partial charge is 0.493 e. The number of hydrogen-bond donors (Lipinski definition) is 1. The molecule has 0 atom stereocenters. The van der Waals surface area contributed by atoms with Crippen molar-refractivity contribution < 1.29 is 14.6 Å². The number of aryl methyl sites for hydroxylation is 2. The summed E-state index contributed by atoms with van der Waals surface area (Å²) in [4.78, 5) is 24.9. The van der Waals surface area contributed by atoms with E-state index < -0.39 is 0 Å². The van der Waals surface area contributed by atoms with Gasteiger partial charge < -0.3 is 9.84 Å². The van der Waals surface area contributed by atoms with Crippen LogP contribution in [-0.4, -0.2) is 22.1 Å². The molecule has 0 saturated heterocycles. The number of allylic oxidation sites excluding steroid dienone is 2. The lowest BCUT2D eigenvalue weighted by molar-refractivity contribution is -0.109. The maximum Gasteiger partial charge on any atom is 0.310 e. The summed E-state index contributed by atoms with van der Waals surface area (Å²) in [6.07, 6.45) is 4.87. The van der Waals surface area contributed by atoms with Crippen molar-refractivity contribution in [2.45, 2.75) is 20.4 Å². The second-order valence-electron chi connectivity index (χ2n) is 7.17. The number of thiazole rings is 1.